The summed E-state index contributed by atoms with van der Waals surface area (Å²) in [7, 11) is -1.38. The second-order valence-electron chi connectivity index (χ2n) is 7.41. The van der Waals surface area contributed by atoms with Crippen LogP contribution in [0.3, 0.4) is 0 Å². The molecule has 31 heavy (non-hydrogen) atoms. The smallest absolute Gasteiger partial charge is 0.319 e. The monoisotopic (exact) mass is 434 g/mol. The predicted molar refractivity (Wildman–Crippen MR) is 121 cm³/mol. The first kappa shape index (κ1) is 20.6. The third-order valence-electron chi connectivity index (χ3n) is 5.25. The zero-order chi connectivity index (χ0) is 22.2. The van der Waals surface area contributed by atoms with Crippen molar-refractivity contribution in [2.24, 2.45) is 12.8 Å². The van der Waals surface area contributed by atoms with E-state index in [9.17, 15) is 13.2 Å². The second-order valence-corrected chi connectivity index (χ2v) is 9.43. The average molecular weight is 435 g/mol. The molecule has 0 spiro atoms. The standard InChI is InChI=1S/C23H22N4O3S/c1-26-21-7-6-19(27(23(24)28)15-16-8-10-25-11-9-16)12-18(21)14-22(26)17-4-3-5-20(13-17)31(2,29)30/h3-14H,15H2,1-2H3,(H2,24,28). The molecule has 0 fully saturated rings. The first-order valence-corrected chi connectivity index (χ1v) is 11.5. The van der Waals surface area contributed by atoms with E-state index in [1.54, 1.807) is 30.6 Å². The van der Waals surface area contributed by atoms with Crippen molar-refractivity contribution < 1.29 is 13.2 Å². The van der Waals surface area contributed by atoms with Crippen molar-refractivity contribution in [2.75, 3.05) is 11.2 Å². The van der Waals surface area contributed by atoms with Crippen molar-refractivity contribution in [1.82, 2.24) is 9.55 Å². The largest absolute Gasteiger partial charge is 0.351 e. The molecule has 158 valence electrons. The fraction of sp³-hybridized carbons (Fsp3) is 0.130. The van der Waals surface area contributed by atoms with E-state index in [1.165, 1.54) is 11.2 Å². The summed E-state index contributed by atoms with van der Waals surface area (Å²) in [5.74, 6) is 0. The third kappa shape index (κ3) is 4.15. The number of nitrogens with zero attached hydrogens (tertiary/aromatic N) is 3. The Labute approximate surface area is 180 Å². The van der Waals surface area contributed by atoms with Crippen molar-refractivity contribution in [2.45, 2.75) is 11.4 Å². The maximum absolute atomic E-state index is 12.1. The van der Waals surface area contributed by atoms with E-state index in [4.69, 9.17) is 5.73 Å². The number of benzene rings is 2. The Morgan fingerprint density at radius 2 is 1.81 bits per heavy atom. The van der Waals surface area contributed by atoms with Crippen LogP contribution in [-0.2, 0) is 23.4 Å². The van der Waals surface area contributed by atoms with Crippen LogP contribution >= 0.6 is 0 Å². The number of pyridine rings is 1. The molecule has 0 saturated carbocycles. The van der Waals surface area contributed by atoms with Crippen LogP contribution in [0.2, 0.25) is 0 Å². The lowest BCUT2D eigenvalue weighted by Gasteiger charge is -2.20. The maximum Gasteiger partial charge on any atom is 0.319 e. The molecule has 0 unspecified atom stereocenters. The Morgan fingerprint density at radius 3 is 2.48 bits per heavy atom. The van der Waals surface area contributed by atoms with Gasteiger partial charge in [0.15, 0.2) is 9.84 Å². The number of carbonyl (C=O) groups excluding carboxylic acids is 1. The number of aryl methyl sites for hydroxylation is 1. The van der Waals surface area contributed by atoms with Crippen molar-refractivity contribution >= 4 is 32.5 Å². The first-order valence-electron chi connectivity index (χ1n) is 9.60. The SMILES string of the molecule is Cn1c(-c2cccc(S(C)(=O)=O)c2)cc2cc(N(Cc3ccncc3)C(N)=O)ccc21. The molecule has 8 heteroatoms. The number of rotatable bonds is 5. The summed E-state index contributed by atoms with van der Waals surface area (Å²) >= 11 is 0. The molecule has 0 aliphatic rings. The highest BCUT2D eigenvalue weighted by molar-refractivity contribution is 7.90. The Bertz CT molecular complexity index is 1380. The molecule has 0 radical (unpaired) electrons. The lowest BCUT2D eigenvalue weighted by Crippen LogP contribution is -2.35. The molecule has 0 saturated heterocycles. The Morgan fingerprint density at radius 1 is 1.06 bits per heavy atom. The van der Waals surface area contributed by atoms with E-state index >= 15 is 0 Å². The van der Waals surface area contributed by atoms with Gasteiger partial charge in [0.2, 0.25) is 0 Å². The van der Waals surface area contributed by atoms with Crippen LogP contribution in [0.25, 0.3) is 22.2 Å². The van der Waals surface area contributed by atoms with Crippen molar-refractivity contribution in [3.63, 3.8) is 0 Å². The molecule has 2 aromatic carbocycles. The molecule has 0 aliphatic heterocycles. The van der Waals surface area contributed by atoms with Crippen molar-refractivity contribution in [3.8, 4) is 11.3 Å². The topological polar surface area (TPSA) is 98.3 Å². The van der Waals surface area contributed by atoms with Gasteiger partial charge in [0.25, 0.3) is 0 Å². The van der Waals surface area contributed by atoms with Crippen LogP contribution < -0.4 is 10.6 Å². The summed E-state index contributed by atoms with van der Waals surface area (Å²) in [6.45, 7) is 0.333. The van der Waals surface area contributed by atoms with Crippen LogP contribution in [0.5, 0.6) is 0 Å². The number of primary amides is 1. The van der Waals surface area contributed by atoms with Gasteiger partial charge in [-0.3, -0.25) is 9.88 Å². The average Bonchev–Trinajstić information content (AvgIpc) is 3.08. The Kier molecular flexibility index (Phi) is 5.24. The minimum absolute atomic E-state index is 0.271. The summed E-state index contributed by atoms with van der Waals surface area (Å²) in [5.41, 5.74) is 9.88. The molecule has 4 rings (SSSR count). The Hall–Kier alpha value is -3.65. The van der Waals surface area contributed by atoms with Gasteiger partial charge in [-0.1, -0.05) is 12.1 Å². The number of fused-ring (bicyclic) bond motifs is 1. The minimum atomic E-state index is -3.31. The van der Waals surface area contributed by atoms with Gasteiger partial charge in [-0.15, -0.1) is 0 Å². The van der Waals surface area contributed by atoms with Gasteiger partial charge in [0.1, 0.15) is 0 Å². The number of hydrogen-bond acceptors (Lipinski definition) is 4. The highest BCUT2D eigenvalue weighted by atomic mass is 32.2. The van der Waals surface area contributed by atoms with E-state index < -0.39 is 15.9 Å². The zero-order valence-corrected chi connectivity index (χ0v) is 18.0. The highest BCUT2D eigenvalue weighted by Crippen LogP contribution is 2.31. The number of anilines is 1. The van der Waals surface area contributed by atoms with Gasteiger partial charge in [-0.05, 0) is 59.7 Å². The number of nitrogens with two attached hydrogens (primary N) is 1. The molecular weight excluding hydrogens is 412 g/mol. The minimum Gasteiger partial charge on any atom is -0.351 e. The molecule has 2 aromatic heterocycles. The summed E-state index contributed by atoms with van der Waals surface area (Å²) in [6.07, 6.45) is 4.54. The van der Waals surface area contributed by atoms with Crippen LogP contribution in [-0.4, -0.2) is 30.3 Å². The normalized spacial score (nSPS) is 11.5. The predicted octanol–water partition coefficient (Wildman–Crippen LogP) is 3.73. The number of sulfone groups is 1. The van der Waals surface area contributed by atoms with Crippen molar-refractivity contribution in [3.05, 3.63) is 78.6 Å². The van der Waals surface area contributed by atoms with Crippen LogP contribution in [0.1, 0.15) is 5.56 Å². The number of amides is 2. The molecule has 4 aromatic rings. The molecule has 7 nitrogen and oxygen atoms in total. The molecule has 2 amide bonds. The molecule has 0 bridgehead atoms. The van der Waals surface area contributed by atoms with E-state index in [1.807, 2.05) is 54.1 Å². The first-order chi connectivity index (χ1) is 14.7. The van der Waals surface area contributed by atoms with Crippen LogP contribution in [0, 0.1) is 0 Å². The van der Waals surface area contributed by atoms with Crippen LogP contribution in [0.4, 0.5) is 10.5 Å². The van der Waals surface area contributed by atoms with Crippen molar-refractivity contribution in [1.29, 1.82) is 0 Å². The fourth-order valence-electron chi connectivity index (χ4n) is 3.64. The quantitative estimate of drug-likeness (QED) is 0.517. The molecule has 0 atom stereocenters. The van der Waals surface area contributed by atoms with E-state index in [0.29, 0.717) is 12.2 Å². The number of carbonyl (C=O) groups is 1. The number of hydrogen-bond donors (Lipinski definition) is 1. The summed E-state index contributed by atoms with van der Waals surface area (Å²) < 4.78 is 25.9. The van der Waals surface area contributed by atoms with Gasteiger partial charge in [-0.2, -0.15) is 0 Å². The van der Waals surface area contributed by atoms with Gasteiger partial charge < -0.3 is 10.3 Å². The summed E-state index contributed by atoms with van der Waals surface area (Å²) in [4.78, 5) is 17.9. The molecule has 2 N–H and O–H groups in total. The summed E-state index contributed by atoms with van der Waals surface area (Å²) in [5, 5.41) is 0.917. The highest BCUT2D eigenvalue weighted by Gasteiger charge is 2.16. The lowest BCUT2D eigenvalue weighted by atomic mass is 10.1. The van der Waals surface area contributed by atoms with Crippen LogP contribution in [0.15, 0.2) is 78.0 Å². The van der Waals surface area contributed by atoms with Gasteiger partial charge in [0.05, 0.1) is 11.4 Å². The maximum atomic E-state index is 12.1. The molecule has 2 heterocycles. The van der Waals surface area contributed by atoms with E-state index in [0.717, 1.165) is 27.7 Å². The van der Waals surface area contributed by atoms with E-state index in [2.05, 4.69) is 4.98 Å². The molecular formula is C23H22N4O3S. The van der Waals surface area contributed by atoms with Gasteiger partial charge in [0, 0.05) is 48.0 Å². The fourth-order valence-corrected chi connectivity index (χ4v) is 4.30. The molecule has 0 aliphatic carbocycles. The zero-order valence-electron chi connectivity index (χ0n) is 17.2. The summed E-state index contributed by atoms with van der Waals surface area (Å²) in [6, 6.07) is 17.7. The lowest BCUT2D eigenvalue weighted by molar-refractivity contribution is 0.253. The second kappa shape index (κ2) is 7.88. The van der Waals surface area contributed by atoms with E-state index in [-0.39, 0.29) is 4.90 Å². The number of urea groups is 1. The van der Waals surface area contributed by atoms with Gasteiger partial charge >= 0.3 is 6.03 Å². The van der Waals surface area contributed by atoms with Gasteiger partial charge in [-0.25, -0.2) is 13.2 Å². The Balaban J connectivity index is 1.76. The number of aromatic nitrogens is 2. The third-order valence-corrected chi connectivity index (χ3v) is 6.36.